The number of rotatable bonds is 6. The SMILES string of the molecule is N#Cc1ccc(N2CCC(Sc3ccc(COc4cc(F)cc5c4CNC5=O)cn3)CC2)c(F)c1. The van der Waals surface area contributed by atoms with Crippen LogP contribution in [0.2, 0.25) is 0 Å². The molecule has 6 nitrogen and oxygen atoms in total. The molecule has 2 aromatic carbocycles. The molecule has 3 heterocycles. The highest BCUT2D eigenvalue weighted by atomic mass is 32.2. The van der Waals surface area contributed by atoms with Crippen LogP contribution >= 0.6 is 11.8 Å². The molecule has 0 atom stereocenters. The van der Waals surface area contributed by atoms with Crippen molar-refractivity contribution in [2.45, 2.75) is 36.3 Å². The fraction of sp³-hybridized carbons (Fsp3) is 0.269. The van der Waals surface area contributed by atoms with Crippen LogP contribution in [0.15, 0.2) is 53.7 Å². The number of benzene rings is 2. The quantitative estimate of drug-likeness (QED) is 0.532. The standard InChI is InChI=1S/C26H22F2N4O2S/c27-18-10-20-21(14-31-26(20)33)24(11-18)34-15-17-2-4-25(30-13-17)35-19-5-7-32(8-6-19)23-3-1-16(12-29)9-22(23)28/h1-4,9-11,13,19H,5-8,14-15H2,(H,31,33). The van der Waals surface area contributed by atoms with Gasteiger partial charge in [0.15, 0.2) is 0 Å². The first-order valence-corrected chi connectivity index (χ1v) is 12.2. The van der Waals surface area contributed by atoms with Crippen molar-refractivity contribution < 1.29 is 18.3 Å². The number of carbonyl (C=O) groups excluding carboxylic acids is 1. The molecule has 178 valence electrons. The van der Waals surface area contributed by atoms with E-state index < -0.39 is 5.82 Å². The molecule has 5 rings (SSSR count). The summed E-state index contributed by atoms with van der Waals surface area (Å²) in [6.07, 6.45) is 3.54. The van der Waals surface area contributed by atoms with Crippen LogP contribution in [0, 0.1) is 23.0 Å². The van der Waals surface area contributed by atoms with E-state index in [4.69, 9.17) is 10.00 Å². The lowest BCUT2D eigenvalue weighted by atomic mass is 10.1. The summed E-state index contributed by atoms with van der Waals surface area (Å²) in [5.41, 5.74) is 2.69. The Kier molecular flexibility index (Phi) is 6.55. The fourth-order valence-electron chi connectivity index (χ4n) is 4.33. The van der Waals surface area contributed by atoms with Gasteiger partial charge >= 0.3 is 0 Å². The van der Waals surface area contributed by atoms with Gasteiger partial charge in [0.05, 0.1) is 27.9 Å². The third-order valence-corrected chi connectivity index (χ3v) is 7.47. The third-order valence-electron chi connectivity index (χ3n) is 6.18. The van der Waals surface area contributed by atoms with Gasteiger partial charge in [-0.05, 0) is 43.2 Å². The highest BCUT2D eigenvalue weighted by molar-refractivity contribution is 7.99. The number of ether oxygens (including phenoxy) is 1. The van der Waals surface area contributed by atoms with E-state index in [1.807, 2.05) is 23.1 Å². The predicted octanol–water partition coefficient (Wildman–Crippen LogP) is 4.81. The number of halogens is 2. The van der Waals surface area contributed by atoms with Crippen molar-refractivity contribution in [3.05, 3.63) is 82.5 Å². The normalized spacial score (nSPS) is 15.5. The lowest BCUT2D eigenvalue weighted by Crippen LogP contribution is -2.35. The zero-order valence-corrected chi connectivity index (χ0v) is 19.6. The number of thioether (sulfide) groups is 1. The second-order valence-corrected chi connectivity index (χ2v) is 9.81. The lowest BCUT2D eigenvalue weighted by Gasteiger charge is -2.33. The van der Waals surface area contributed by atoms with Crippen molar-refractivity contribution in [3.63, 3.8) is 0 Å². The summed E-state index contributed by atoms with van der Waals surface area (Å²) in [6.45, 7) is 2.02. The van der Waals surface area contributed by atoms with Crippen LogP contribution in [-0.2, 0) is 13.2 Å². The minimum atomic E-state index is -0.506. The van der Waals surface area contributed by atoms with Crippen molar-refractivity contribution in [2.75, 3.05) is 18.0 Å². The van der Waals surface area contributed by atoms with Crippen molar-refractivity contribution in [2.24, 2.45) is 0 Å². The Hall–Kier alpha value is -3.64. The first-order chi connectivity index (χ1) is 17.0. The molecular formula is C26H22F2N4O2S. The minimum Gasteiger partial charge on any atom is -0.488 e. The first kappa shape index (κ1) is 23.1. The second kappa shape index (κ2) is 9.92. The maximum absolute atomic E-state index is 14.3. The molecule has 1 saturated heterocycles. The highest BCUT2D eigenvalue weighted by Gasteiger charge is 2.25. The van der Waals surface area contributed by atoms with Crippen LogP contribution in [0.5, 0.6) is 5.75 Å². The Labute approximate surface area is 205 Å². The molecule has 0 unspecified atom stereocenters. The van der Waals surface area contributed by atoms with Crippen molar-refractivity contribution in [1.29, 1.82) is 5.26 Å². The van der Waals surface area contributed by atoms with Gasteiger partial charge in [0, 0.05) is 48.3 Å². The van der Waals surface area contributed by atoms with Gasteiger partial charge in [-0.3, -0.25) is 4.79 Å². The number of nitriles is 1. The van der Waals surface area contributed by atoms with Gasteiger partial charge in [0.25, 0.3) is 5.91 Å². The average molecular weight is 493 g/mol. The maximum atomic E-state index is 14.3. The number of carbonyl (C=O) groups is 1. The molecule has 1 fully saturated rings. The number of hydrogen-bond acceptors (Lipinski definition) is 6. The van der Waals surface area contributed by atoms with Crippen LogP contribution in [0.1, 0.15) is 39.9 Å². The minimum absolute atomic E-state index is 0.219. The maximum Gasteiger partial charge on any atom is 0.252 e. The molecule has 0 saturated carbocycles. The Balaban J connectivity index is 1.14. The molecule has 0 spiro atoms. The molecule has 0 radical (unpaired) electrons. The number of hydrogen-bond donors (Lipinski definition) is 1. The average Bonchev–Trinajstić information content (AvgIpc) is 3.24. The first-order valence-electron chi connectivity index (χ1n) is 11.3. The van der Waals surface area contributed by atoms with E-state index in [-0.39, 0.29) is 18.3 Å². The number of anilines is 1. The largest absolute Gasteiger partial charge is 0.488 e. The number of nitrogens with zero attached hydrogens (tertiary/aromatic N) is 3. The lowest BCUT2D eigenvalue weighted by molar-refractivity contribution is 0.0965. The van der Waals surface area contributed by atoms with Gasteiger partial charge in [0.2, 0.25) is 0 Å². The van der Waals surface area contributed by atoms with Crippen LogP contribution in [0.3, 0.4) is 0 Å². The van der Waals surface area contributed by atoms with Crippen molar-refractivity contribution in [3.8, 4) is 11.8 Å². The third kappa shape index (κ3) is 5.08. The monoisotopic (exact) mass is 492 g/mol. The van der Waals surface area contributed by atoms with Gasteiger partial charge in [-0.25, -0.2) is 13.8 Å². The zero-order chi connectivity index (χ0) is 24.4. The molecular weight excluding hydrogens is 470 g/mol. The predicted molar refractivity (Wildman–Crippen MR) is 128 cm³/mol. The van der Waals surface area contributed by atoms with Crippen molar-refractivity contribution in [1.82, 2.24) is 10.3 Å². The molecule has 9 heteroatoms. The second-order valence-electron chi connectivity index (χ2n) is 8.49. The molecule has 1 aromatic heterocycles. The van der Waals surface area contributed by atoms with Gasteiger partial charge < -0.3 is 15.0 Å². The van der Waals surface area contributed by atoms with E-state index in [0.717, 1.165) is 36.5 Å². The summed E-state index contributed by atoms with van der Waals surface area (Å²) < 4.78 is 34.0. The topological polar surface area (TPSA) is 78.3 Å². The molecule has 2 aliphatic heterocycles. The molecule has 1 amide bonds. The number of fused-ring (bicyclic) bond motifs is 1. The summed E-state index contributed by atoms with van der Waals surface area (Å²) in [7, 11) is 0. The number of amides is 1. The fourth-order valence-corrected chi connectivity index (χ4v) is 5.38. The summed E-state index contributed by atoms with van der Waals surface area (Å²) in [5, 5.41) is 12.9. The zero-order valence-electron chi connectivity index (χ0n) is 18.8. The summed E-state index contributed by atoms with van der Waals surface area (Å²) in [5.74, 6) is -0.795. The van der Waals surface area contributed by atoms with Crippen LogP contribution < -0.4 is 15.0 Å². The number of nitrogens with one attached hydrogen (secondary N) is 1. The number of piperidine rings is 1. The van der Waals surface area contributed by atoms with Gasteiger partial charge in [-0.15, -0.1) is 11.8 Å². The number of pyridine rings is 1. The van der Waals surface area contributed by atoms with E-state index in [2.05, 4.69) is 10.3 Å². The number of aromatic nitrogens is 1. The van der Waals surface area contributed by atoms with Crippen LogP contribution in [0.4, 0.5) is 14.5 Å². The smallest absolute Gasteiger partial charge is 0.252 e. The Morgan fingerprint density at radius 1 is 1.17 bits per heavy atom. The Bertz CT molecular complexity index is 1300. The van der Waals surface area contributed by atoms with Gasteiger partial charge in [-0.2, -0.15) is 5.26 Å². The summed E-state index contributed by atoms with van der Waals surface area (Å²) in [6, 6.07) is 13.0. The van der Waals surface area contributed by atoms with Crippen molar-refractivity contribution >= 4 is 23.4 Å². The van der Waals surface area contributed by atoms with Gasteiger partial charge in [0.1, 0.15) is 24.0 Å². The molecule has 3 aromatic rings. The van der Waals surface area contributed by atoms with E-state index in [0.29, 0.717) is 39.9 Å². The molecule has 35 heavy (non-hydrogen) atoms. The summed E-state index contributed by atoms with van der Waals surface area (Å²) >= 11 is 1.70. The molecule has 1 N–H and O–H groups in total. The van der Waals surface area contributed by atoms with E-state index in [1.54, 1.807) is 30.1 Å². The van der Waals surface area contributed by atoms with E-state index in [9.17, 15) is 13.6 Å². The highest BCUT2D eigenvalue weighted by Crippen LogP contribution is 2.32. The Morgan fingerprint density at radius 3 is 2.71 bits per heavy atom. The Morgan fingerprint density at radius 2 is 2.00 bits per heavy atom. The van der Waals surface area contributed by atoms with Crippen LogP contribution in [0.25, 0.3) is 0 Å². The molecule has 2 aliphatic rings. The molecule has 0 aliphatic carbocycles. The van der Waals surface area contributed by atoms with Crippen LogP contribution in [-0.4, -0.2) is 29.2 Å². The van der Waals surface area contributed by atoms with E-state index >= 15 is 0 Å². The van der Waals surface area contributed by atoms with Gasteiger partial charge in [-0.1, -0.05) is 6.07 Å². The van der Waals surface area contributed by atoms with E-state index in [1.165, 1.54) is 18.2 Å². The molecule has 0 bridgehead atoms. The summed E-state index contributed by atoms with van der Waals surface area (Å²) in [4.78, 5) is 18.4.